The van der Waals surface area contributed by atoms with E-state index in [2.05, 4.69) is 22.3 Å². The van der Waals surface area contributed by atoms with Gasteiger partial charge in [0.15, 0.2) is 0 Å². The van der Waals surface area contributed by atoms with Gasteiger partial charge in [0.2, 0.25) is 5.91 Å². The lowest BCUT2D eigenvalue weighted by atomic mass is 10.1. The summed E-state index contributed by atoms with van der Waals surface area (Å²) < 4.78 is 0. The van der Waals surface area contributed by atoms with Crippen LogP contribution >= 0.6 is 11.8 Å². The normalized spacial score (nSPS) is 14.1. The fraction of sp³-hybridized carbons (Fsp3) is 0.533. The molecule has 0 bridgehead atoms. The average molecular weight is 295 g/mol. The molecule has 0 saturated carbocycles. The number of thioether (sulfide) groups is 1. The third-order valence-electron chi connectivity index (χ3n) is 3.25. The minimum Gasteiger partial charge on any atom is -0.353 e. The molecular formula is C15H25N3OS. The lowest BCUT2D eigenvalue weighted by Gasteiger charge is -2.25. The van der Waals surface area contributed by atoms with Gasteiger partial charge in [-0.2, -0.15) is 11.8 Å². The summed E-state index contributed by atoms with van der Waals surface area (Å²) >= 11 is 1.71. The SMILES string of the molecule is CSCC[C@@H](N)C(=O)NCC(c1ccccc1)N(C)C. The number of rotatable bonds is 8. The van der Waals surface area contributed by atoms with Crippen LogP contribution in [0.5, 0.6) is 0 Å². The Morgan fingerprint density at radius 2 is 2.00 bits per heavy atom. The fourth-order valence-electron chi connectivity index (χ4n) is 1.98. The van der Waals surface area contributed by atoms with E-state index in [0.717, 1.165) is 5.75 Å². The smallest absolute Gasteiger partial charge is 0.237 e. The van der Waals surface area contributed by atoms with Crippen molar-refractivity contribution in [1.82, 2.24) is 10.2 Å². The second-order valence-corrected chi connectivity index (χ2v) is 6.01. The van der Waals surface area contributed by atoms with Gasteiger partial charge in [0.1, 0.15) is 0 Å². The van der Waals surface area contributed by atoms with Crippen molar-refractivity contribution in [1.29, 1.82) is 0 Å². The number of nitrogens with one attached hydrogen (secondary N) is 1. The molecule has 0 heterocycles. The van der Waals surface area contributed by atoms with Gasteiger partial charge in [-0.1, -0.05) is 30.3 Å². The highest BCUT2D eigenvalue weighted by Crippen LogP contribution is 2.16. The van der Waals surface area contributed by atoms with Crippen molar-refractivity contribution in [3.63, 3.8) is 0 Å². The molecular weight excluding hydrogens is 270 g/mol. The van der Waals surface area contributed by atoms with Crippen LogP contribution in [0.3, 0.4) is 0 Å². The highest BCUT2D eigenvalue weighted by atomic mass is 32.2. The zero-order chi connectivity index (χ0) is 15.0. The third-order valence-corrected chi connectivity index (χ3v) is 3.89. The molecule has 0 aromatic heterocycles. The van der Waals surface area contributed by atoms with E-state index in [1.807, 2.05) is 38.6 Å². The Morgan fingerprint density at radius 1 is 1.35 bits per heavy atom. The van der Waals surface area contributed by atoms with Crippen LogP contribution in [0.4, 0.5) is 0 Å². The summed E-state index contributed by atoms with van der Waals surface area (Å²) in [6.07, 6.45) is 2.73. The molecule has 0 aliphatic carbocycles. The molecule has 3 N–H and O–H groups in total. The van der Waals surface area contributed by atoms with Crippen LogP contribution in [-0.4, -0.2) is 49.5 Å². The summed E-state index contributed by atoms with van der Waals surface area (Å²) in [6.45, 7) is 0.572. The van der Waals surface area contributed by atoms with Crippen LogP contribution in [0.25, 0.3) is 0 Å². The van der Waals surface area contributed by atoms with Gasteiger partial charge in [-0.15, -0.1) is 0 Å². The summed E-state index contributed by atoms with van der Waals surface area (Å²) in [4.78, 5) is 14.0. The van der Waals surface area contributed by atoms with Gasteiger partial charge in [0.25, 0.3) is 0 Å². The Hall–Kier alpha value is -1.04. The summed E-state index contributed by atoms with van der Waals surface area (Å²) in [7, 11) is 4.02. The highest BCUT2D eigenvalue weighted by molar-refractivity contribution is 7.98. The Kier molecular flexibility index (Phi) is 7.65. The Labute approximate surface area is 126 Å². The molecule has 20 heavy (non-hydrogen) atoms. The number of carbonyl (C=O) groups is 1. The van der Waals surface area contributed by atoms with Crippen LogP contribution in [0.1, 0.15) is 18.0 Å². The summed E-state index contributed by atoms with van der Waals surface area (Å²) in [5.41, 5.74) is 7.06. The van der Waals surface area contributed by atoms with Gasteiger partial charge in [-0.3, -0.25) is 4.79 Å². The molecule has 1 rings (SSSR count). The molecule has 0 fully saturated rings. The molecule has 0 spiro atoms. The van der Waals surface area contributed by atoms with Crippen molar-refractivity contribution in [2.75, 3.05) is 32.6 Å². The number of amides is 1. The van der Waals surface area contributed by atoms with Crippen molar-refractivity contribution >= 4 is 17.7 Å². The highest BCUT2D eigenvalue weighted by Gasteiger charge is 2.17. The maximum absolute atomic E-state index is 11.9. The predicted octanol–water partition coefficient (Wildman–Crippen LogP) is 1.49. The maximum atomic E-state index is 11.9. The molecule has 5 heteroatoms. The van der Waals surface area contributed by atoms with Crippen LogP contribution in [0, 0.1) is 0 Å². The zero-order valence-corrected chi connectivity index (χ0v) is 13.3. The van der Waals surface area contributed by atoms with Crippen LogP contribution in [-0.2, 0) is 4.79 Å². The number of hydrogen-bond acceptors (Lipinski definition) is 4. The molecule has 0 aliphatic rings. The molecule has 1 aromatic rings. The Bertz CT molecular complexity index is 397. The van der Waals surface area contributed by atoms with Gasteiger partial charge < -0.3 is 16.0 Å². The molecule has 0 saturated heterocycles. The molecule has 0 radical (unpaired) electrons. The van der Waals surface area contributed by atoms with Crippen molar-refractivity contribution in [2.45, 2.75) is 18.5 Å². The van der Waals surface area contributed by atoms with E-state index in [9.17, 15) is 4.79 Å². The minimum atomic E-state index is -0.416. The van der Waals surface area contributed by atoms with E-state index in [-0.39, 0.29) is 11.9 Å². The van der Waals surface area contributed by atoms with Gasteiger partial charge in [0.05, 0.1) is 12.1 Å². The number of hydrogen-bond donors (Lipinski definition) is 2. The van der Waals surface area contributed by atoms with Crippen molar-refractivity contribution in [2.24, 2.45) is 5.73 Å². The van der Waals surface area contributed by atoms with Gasteiger partial charge >= 0.3 is 0 Å². The van der Waals surface area contributed by atoms with Gasteiger partial charge in [-0.05, 0) is 38.1 Å². The molecule has 1 unspecified atom stereocenters. The molecule has 1 aromatic carbocycles. The summed E-state index contributed by atoms with van der Waals surface area (Å²) in [5.74, 6) is 0.839. The molecule has 4 nitrogen and oxygen atoms in total. The number of nitrogens with zero attached hydrogens (tertiary/aromatic N) is 1. The third kappa shape index (κ3) is 5.53. The number of carbonyl (C=O) groups excluding carboxylic acids is 1. The molecule has 1 amide bonds. The van der Waals surface area contributed by atoms with E-state index < -0.39 is 6.04 Å². The minimum absolute atomic E-state index is 0.0677. The van der Waals surface area contributed by atoms with Crippen molar-refractivity contribution in [3.8, 4) is 0 Å². The summed E-state index contributed by atoms with van der Waals surface area (Å²) in [5, 5.41) is 2.96. The monoisotopic (exact) mass is 295 g/mol. The second kappa shape index (κ2) is 9.00. The van der Waals surface area contributed by atoms with E-state index in [1.54, 1.807) is 11.8 Å². The lowest BCUT2D eigenvalue weighted by Crippen LogP contribution is -2.44. The fourth-order valence-corrected chi connectivity index (χ4v) is 2.47. The first-order valence-corrected chi connectivity index (χ1v) is 8.19. The standard InChI is InChI=1S/C15H25N3OS/c1-18(2)14(12-7-5-4-6-8-12)11-17-15(19)13(16)9-10-20-3/h4-8,13-14H,9-11,16H2,1-3H3,(H,17,19)/t13-,14?/m1/s1. The molecule has 112 valence electrons. The van der Waals surface area contributed by atoms with Gasteiger partial charge in [-0.25, -0.2) is 0 Å². The Balaban J connectivity index is 2.54. The second-order valence-electron chi connectivity index (χ2n) is 5.02. The zero-order valence-electron chi connectivity index (χ0n) is 12.5. The molecule has 0 aliphatic heterocycles. The van der Waals surface area contributed by atoms with Gasteiger partial charge in [0, 0.05) is 6.54 Å². The number of benzene rings is 1. The topological polar surface area (TPSA) is 58.4 Å². The number of likely N-dealkylation sites (N-methyl/N-ethyl adjacent to an activating group) is 1. The first kappa shape index (κ1) is 17.0. The average Bonchev–Trinajstić information content (AvgIpc) is 2.45. The van der Waals surface area contributed by atoms with E-state index >= 15 is 0 Å². The lowest BCUT2D eigenvalue weighted by molar-refractivity contribution is -0.122. The quantitative estimate of drug-likeness (QED) is 0.763. The van der Waals surface area contributed by atoms with Crippen molar-refractivity contribution < 1.29 is 4.79 Å². The van der Waals surface area contributed by atoms with Crippen LogP contribution in [0.2, 0.25) is 0 Å². The van der Waals surface area contributed by atoms with Crippen molar-refractivity contribution in [3.05, 3.63) is 35.9 Å². The predicted molar refractivity (Wildman–Crippen MR) is 86.9 cm³/mol. The van der Waals surface area contributed by atoms with E-state index in [1.165, 1.54) is 5.56 Å². The van der Waals surface area contributed by atoms with E-state index in [4.69, 9.17) is 5.73 Å². The maximum Gasteiger partial charge on any atom is 0.237 e. The molecule has 2 atom stereocenters. The Morgan fingerprint density at radius 3 is 2.55 bits per heavy atom. The first-order chi connectivity index (χ1) is 9.56. The number of nitrogens with two attached hydrogens (primary N) is 1. The van der Waals surface area contributed by atoms with E-state index in [0.29, 0.717) is 13.0 Å². The van der Waals surface area contributed by atoms with Crippen LogP contribution in [0.15, 0.2) is 30.3 Å². The summed E-state index contributed by atoms with van der Waals surface area (Å²) in [6, 6.07) is 9.91. The van der Waals surface area contributed by atoms with Crippen LogP contribution < -0.4 is 11.1 Å². The largest absolute Gasteiger partial charge is 0.353 e. The first-order valence-electron chi connectivity index (χ1n) is 6.80.